The molecule has 134 valence electrons. The highest BCUT2D eigenvalue weighted by Crippen LogP contribution is 2.13. The first-order valence-electron chi connectivity index (χ1n) is 9.96. The average Bonchev–Trinajstić information content (AvgIpc) is 2.46. The van der Waals surface area contributed by atoms with Gasteiger partial charge in [0.15, 0.2) is 0 Å². The fraction of sp³-hybridized carbons (Fsp3) is 1.00. The number of hydrogen-bond donors (Lipinski definition) is 1. The van der Waals surface area contributed by atoms with E-state index in [0.717, 1.165) is 6.42 Å². The lowest BCUT2D eigenvalue weighted by Crippen LogP contribution is -2.37. The summed E-state index contributed by atoms with van der Waals surface area (Å²) < 4.78 is 0. The lowest BCUT2D eigenvalue weighted by Gasteiger charge is -2.30. The first kappa shape index (κ1) is 21.9. The van der Waals surface area contributed by atoms with Crippen LogP contribution in [0, 0.1) is 0 Å². The monoisotopic (exact) mass is 313 g/mol. The molecule has 0 unspecified atom stereocenters. The number of aliphatic hydroxyl groups excluding tert-OH is 1. The highest BCUT2D eigenvalue weighted by Gasteiger charge is 2.11. The van der Waals surface area contributed by atoms with E-state index in [1.54, 1.807) is 0 Å². The van der Waals surface area contributed by atoms with Gasteiger partial charge in [-0.05, 0) is 47.1 Å². The van der Waals surface area contributed by atoms with Gasteiger partial charge in [-0.15, -0.1) is 0 Å². The van der Waals surface area contributed by atoms with Crippen LogP contribution >= 0.6 is 0 Å². The summed E-state index contributed by atoms with van der Waals surface area (Å²) in [6, 6.07) is 1.36. The molecule has 0 saturated carbocycles. The Hall–Kier alpha value is -0.0800. The molecule has 0 aliphatic heterocycles. The second kappa shape index (κ2) is 15.8. The van der Waals surface area contributed by atoms with Crippen LogP contribution in [0.25, 0.3) is 0 Å². The van der Waals surface area contributed by atoms with Crippen molar-refractivity contribution in [2.24, 2.45) is 0 Å². The summed E-state index contributed by atoms with van der Waals surface area (Å²) in [7, 11) is 0. The Morgan fingerprint density at radius 2 is 0.864 bits per heavy atom. The highest BCUT2D eigenvalue weighted by atomic mass is 16.2. The number of hydrogen-bond acceptors (Lipinski definition) is 2. The molecule has 0 aliphatic carbocycles. The maximum atomic E-state index is 8.71. The van der Waals surface area contributed by atoms with E-state index in [4.69, 9.17) is 5.11 Å². The Balaban J connectivity index is 3.23. The van der Waals surface area contributed by atoms with Gasteiger partial charge < -0.3 is 5.11 Å². The van der Waals surface area contributed by atoms with Crippen LogP contribution in [0.4, 0.5) is 0 Å². The van der Waals surface area contributed by atoms with Crippen molar-refractivity contribution in [1.29, 1.82) is 0 Å². The third kappa shape index (κ3) is 13.6. The van der Waals surface area contributed by atoms with Crippen LogP contribution in [0.5, 0.6) is 0 Å². The maximum Gasteiger partial charge on any atom is 0.0431 e. The standard InChI is InChI=1S/C20H43NO/c1-19(2)21(20(3)4)17-15-13-11-9-7-5-6-8-10-12-14-16-18-22/h19-20,22H,5-18H2,1-4H3. The van der Waals surface area contributed by atoms with Gasteiger partial charge in [0.25, 0.3) is 0 Å². The van der Waals surface area contributed by atoms with E-state index >= 15 is 0 Å². The second-order valence-electron chi connectivity index (χ2n) is 7.39. The smallest absolute Gasteiger partial charge is 0.0431 e. The largest absolute Gasteiger partial charge is 0.396 e. The van der Waals surface area contributed by atoms with Crippen molar-refractivity contribution in [1.82, 2.24) is 4.90 Å². The van der Waals surface area contributed by atoms with E-state index in [2.05, 4.69) is 32.6 Å². The predicted molar refractivity (Wildman–Crippen MR) is 99.5 cm³/mol. The number of aliphatic hydroxyl groups is 1. The molecule has 0 rings (SSSR count). The van der Waals surface area contributed by atoms with Gasteiger partial charge in [-0.1, -0.05) is 64.2 Å². The fourth-order valence-electron chi connectivity index (χ4n) is 3.29. The Kier molecular flexibility index (Phi) is 15.7. The molecule has 0 saturated heterocycles. The average molecular weight is 314 g/mol. The third-order valence-corrected chi connectivity index (χ3v) is 4.65. The summed E-state index contributed by atoms with van der Waals surface area (Å²) >= 11 is 0. The van der Waals surface area contributed by atoms with Crippen molar-refractivity contribution in [3.05, 3.63) is 0 Å². The van der Waals surface area contributed by atoms with E-state index in [1.807, 2.05) is 0 Å². The molecule has 1 N–H and O–H groups in total. The zero-order chi connectivity index (χ0) is 16.6. The topological polar surface area (TPSA) is 23.5 Å². The Morgan fingerprint density at radius 1 is 0.545 bits per heavy atom. The van der Waals surface area contributed by atoms with E-state index < -0.39 is 0 Å². The van der Waals surface area contributed by atoms with Crippen LogP contribution in [0.15, 0.2) is 0 Å². The van der Waals surface area contributed by atoms with Crippen molar-refractivity contribution in [3.8, 4) is 0 Å². The van der Waals surface area contributed by atoms with E-state index in [1.165, 1.54) is 77.2 Å². The van der Waals surface area contributed by atoms with Crippen molar-refractivity contribution in [3.63, 3.8) is 0 Å². The van der Waals surface area contributed by atoms with E-state index in [9.17, 15) is 0 Å². The minimum absolute atomic E-state index is 0.367. The van der Waals surface area contributed by atoms with Crippen molar-refractivity contribution in [2.75, 3.05) is 13.2 Å². The van der Waals surface area contributed by atoms with Gasteiger partial charge >= 0.3 is 0 Å². The zero-order valence-electron chi connectivity index (χ0n) is 15.9. The Labute approximate surface area is 140 Å². The van der Waals surface area contributed by atoms with Crippen molar-refractivity contribution < 1.29 is 5.11 Å². The molecule has 0 aromatic rings. The molecule has 22 heavy (non-hydrogen) atoms. The minimum Gasteiger partial charge on any atom is -0.396 e. The fourth-order valence-corrected chi connectivity index (χ4v) is 3.29. The summed E-state index contributed by atoms with van der Waals surface area (Å²) in [6.07, 6.45) is 16.1. The molecule has 0 aromatic heterocycles. The molecule has 0 heterocycles. The molecule has 0 radical (unpaired) electrons. The van der Waals surface area contributed by atoms with E-state index in [0.29, 0.717) is 18.7 Å². The van der Waals surface area contributed by atoms with Crippen molar-refractivity contribution >= 4 is 0 Å². The summed E-state index contributed by atoms with van der Waals surface area (Å²) in [5, 5.41) is 8.71. The molecule has 2 heteroatoms. The van der Waals surface area contributed by atoms with Gasteiger partial charge in [-0.2, -0.15) is 0 Å². The van der Waals surface area contributed by atoms with Crippen LogP contribution in [0.3, 0.4) is 0 Å². The van der Waals surface area contributed by atoms with Gasteiger partial charge in [-0.25, -0.2) is 0 Å². The first-order chi connectivity index (χ1) is 10.6. The van der Waals surface area contributed by atoms with Gasteiger partial charge in [0, 0.05) is 18.7 Å². The van der Waals surface area contributed by atoms with Crippen LogP contribution in [-0.4, -0.2) is 35.2 Å². The Bertz CT molecular complexity index is 208. The summed E-state index contributed by atoms with van der Waals surface area (Å²) in [4.78, 5) is 2.61. The van der Waals surface area contributed by atoms with Gasteiger partial charge in [0.05, 0.1) is 0 Å². The van der Waals surface area contributed by atoms with Gasteiger partial charge in [-0.3, -0.25) is 4.90 Å². The lowest BCUT2D eigenvalue weighted by molar-refractivity contribution is 0.171. The zero-order valence-corrected chi connectivity index (χ0v) is 15.9. The maximum absolute atomic E-state index is 8.71. The third-order valence-electron chi connectivity index (χ3n) is 4.65. The first-order valence-corrected chi connectivity index (χ1v) is 9.96. The van der Waals surface area contributed by atoms with Crippen LogP contribution < -0.4 is 0 Å². The molecule has 2 nitrogen and oxygen atoms in total. The molecular weight excluding hydrogens is 270 g/mol. The second-order valence-corrected chi connectivity index (χ2v) is 7.39. The summed E-state index contributed by atoms with van der Waals surface area (Å²) in [6.45, 7) is 10.9. The summed E-state index contributed by atoms with van der Waals surface area (Å²) in [5.74, 6) is 0. The SMILES string of the molecule is CC(C)N(CCCCCCCCCCCCCCO)C(C)C. The van der Waals surface area contributed by atoms with Crippen LogP contribution in [-0.2, 0) is 0 Å². The van der Waals surface area contributed by atoms with Gasteiger partial charge in [0.1, 0.15) is 0 Å². The minimum atomic E-state index is 0.367. The quantitative estimate of drug-likeness (QED) is 0.365. The molecule has 0 fully saturated rings. The number of rotatable bonds is 16. The molecule has 0 aliphatic rings. The Morgan fingerprint density at radius 3 is 1.18 bits per heavy atom. The number of unbranched alkanes of at least 4 members (excludes halogenated alkanes) is 11. The molecular formula is C20H43NO. The molecule has 0 bridgehead atoms. The van der Waals surface area contributed by atoms with Crippen LogP contribution in [0.2, 0.25) is 0 Å². The molecule has 0 spiro atoms. The highest BCUT2D eigenvalue weighted by molar-refractivity contribution is 4.67. The van der Waals surface area contributed by atoms with Gasteiger partial charge in [0.2, 0.25) is 0 Å². The van der Waals surface area contributed by atoms with Crippen molar-refractivity contribution in [2.45, 2.75) is 117 Å². The predicted octanol–water partition coefficient (Wildman–Crippen LogP) is 5.78. The van der Waals surface area contributed by atoms with E-state index in [-0.39, 0.29) is 0 Å². The number of nitrogens with zero attached hydrogens (tertiary/aromatic N) is 1. The molecule has 0 amide bonds. The normalized spacial score (nSPS) is 12.0. The molecule has 0 aromatic carbocycles. The molecule has 0 atom stereocenters. The van der Waals surface area contributed by atoms with Crippen LogP contribution in [0.1, 0.15) is 105 Å². The summed E-state index contributed by atoms with van der Waals surface area (Å²) in [5.41, 5.74) is 0. The lowest BCUT2D eigenvalue weighted by atomic mass is 10.0.